The summed E-state index contributed by atoms with van der Waals surface area (Å²) < 4.78 is 5.21. The van der Waals surface area contributed by atoms with E-state index in [2.05, 4.69) is 31.5 Å². The van der Waals surface area contributed by atoms with Crippen LogP contribution in [0.25, 0.3) is 11.6 Å². The van der Waals surface area contributed by atoms with Crippen LogP contribution in [0, 0.1) is 13.8 Å². The maximum atomic E-state index is 5.93. The third-order valence-electron chi connectivity index (χ3n) is 3.46. The molecule has 0 saturated carbocycles. The van der Waals surface area contributed by atoms with Gasteiger partial charge in [0, 0.05) is 24.8 Å². The van der Waals surface area contributed by atoms with Crippen LogP contribution in [0.3, 0.4) is 0 Å². The summed E-state index contributed by atoms with van der Waals surface area (Å²) in [6.45, 7) is 4.55. The molecule has 0 unspecified atom stereocenters. The van der Waals surface area contributed by atoms with E-state index in [-0.39, 0.29) is 0 Å². The predicted molar refractivity (Wildman–Crippen MR) is 97.3 cm³/mol. The van der Waals surface area contributed by atoms with E-state index in [1.165, 1.54) is 11.1 Å². The first-order valence-corrected chi connectivity index (χ1v) is 7.99. The second-order valence-corrected chi connectivity index (χ2v) is 5.75. The first-order chi connectivity index (χ1) is 12.1. The molecule has 0 aliphatic carbocycles. The Morgan fingerprint density at radius 3 is 2.72 bits per heavy atom. The Balaban J connectivity index is 1.56. The highest BCUT2D eigenvalue weighted by atomic mass is 16.5. The molecule has 3 aromatic rings. The number of aromatic nitrogens is 3. The number of hydrogen-bond donors (Lipinski definition) is 2. The van der Waals surface area contributed by atoms with Crippen molar-refractivity contribution in [2.24, 2.45) is 10.7 Å². The van der Waals surface area contributed by atoms with Crippen LogP contribution < -0.4 is 11.1 Å². The molecule has 128 valence electrons. The number of aliphatic imine (C=N–C) groups is 1. The number of pyridine rings is 1. The molecule has 1 aromatic carbocycles. The van der Waals surface area contributed by atoms with E-state index >= 15 is 0 Å². The lowest BCUT2D eigenvalue weighted by molar-refractivity contribution is 0.421. The van der Waals surface area contributed by atoms with Crippen molar-refractivity contribution in [1.29, 1.82) is 0 Å². The summed E-state index contributed by atoms with van der Waals surface area (Å²) in [6.07, 6.45) is 2.22. The number of aryl methyl sites for hydroxylation is 2. The summed E-state index contributed by atoms with van der Waals surface area (Å²) in [5.74, 6) is 1.34. The lowest BCUT2D eigenvalue weighted by Gasteiger charge is -2.07. The molecule has 0 aliphatic rings. The second-order valence-electron chi connectivity index (χ2n) is 5.75. The molecular weight excluding hydrogens is 316 g/mol. The third-order valence-corrected chi connectivity index (χ3v) is 3.46. The lowest BCUT2D eigenvalue weighted by atomic mass is 10.1. The van der Waals surface area contributed by atoms with Crippen LogP contribution in [0.5, 0.6) is 0 Å². The fourth-order valence-electron chi connectivity index (χ4n) is 2.46. The molecule has 2 heterocycles. The van der Waals surface area contributed by atoms with E-state index in [0.717, 1.165) is 5.69 Å². The van der Waals surface area contributed by atoms with Crippen LogP contribution in [-0.2, 0) is 6.42 Å². The van der Waals surface area contributed by atoms with Gasteiger partial charge in [-0.2, -0.15) is 4.98 Å². The summed E-state index contributed by atoms with van der Waals surface area (Å²) in [6, 6.07) is 11.7. The number of nitrogens with zero attached hydrogens (tertiary/aromatic N) is 4. The van der Waals surface area contributed by atoms with E-state index in [4.69, 9.17) is 10.3 Å². The number of benzene rings is 1. The van der Waals surface area contributed by atoms with Crippen molar-refractivity contribution >= 4 is 11.6 Å². The molecule has 7 heteroatoms. The Kier molecular flexibility index (Phi) is 5.03. The van der Waals surface area contributed by atoms with Gasteiger partial charge in [-0.15, -0.1) is 0 Å². The van der Waals surface area contributed by atoms with Gasteiger partial charge in [-0.05, 0) is 49.2 Å². The minimum atomic E-state index is 0.360. The molecule has 0 saturated heterocycles. The molecule has 7 nitrogen and oxygen atoms in total. The van der Waals surface area contributed by atoms with Crippen LogP contribution in [0.15, 0.2) is 52.1 Å². The van der Waals surface area contributed by atoms with E-state index < -0.39 is 0 Å². The fourth-order valence-corrected chi connectivity index (χ4v) is 2.46. The highest BCUT2D eigenvalue weighted by Gasteiger charge is 2.09. The van der Waals surface area contributed by atoms with E-state index in [1.54, 1.807) is 6.20 Å². The quantitative estimate of drug-likeness (QED) is 0.548. The lowest BCUT2D eigenvalue weighted by Crippen LogP contribution is -2.23. The van der Waals surface area contributed by atoms with Gasteiger partial charge in [0.2, 0.25) is 0 Å². The SMILES string of the molecule is Cc1cc(C)cc(NC(N)=NCCc2noc(-c3ccccn3)n2)c1. The zero-order valence-electron chi connectivity index (χ0n) is 14.2. The Bertz CT molecular complexity index is 852. The Morgan fingerprint density at radius 1 is 1.20 bits per heavy atom. The highest BCUT2D eigenvalue weighted by molar-refractivity contribution is 5.92. The molecule has 0 bridgehead atoms. The molecule has 0 spiro atoms. The molecule has 0 fully saturated rings. The standard InChI is InChI=1S/C18H20N6O/c1-12-9-13(2)11-14(10-12)22-18(19)21-8-6-16-23-17(25-24-16)15-5-3-4-7-20-15/h3-5,7,9-11H,6,8H2,1-2H3,(H3,19,21,22). The van der Waals surface area contributed by atoms with Crippen LogP contribution in [0.2, 0.25) is 0 Å². The van der Waals surface area contributed by atoms with Gasteiger partial charge in [0.25, 0.3) is 5.89 Å². The topological polar surface area (TPSA) is 102 Å². The van der Waals surface area contributed by atoms with E-state index in [1.807, 2.05) is 44.2 Å². The van der Waals surface area contributed by atoms with Crippen molar-refractivity contribution < 1.29 is 4.52 Å². The molecule has 25 heavy (non-hydrogen) atoms. The number of hydrogen-bond acceptors (Lipinski definition) is 5. The largest absolute Gasteiger partial charge is 0.370 e. The Hall–Kier alpha value is -3.22. The smallest absolute Gasteiger partial charge is 0.276 e. The van der Waals surface area contributed by atoms with E-state index in [0.29, 0.717) is 36.3 Å². The van der Waals surface area contributed by atoms with Gasteiger partial charge < -0.3 is 15.6 Å². The van der Waals surface area contributed by atoms with Gasteiger partial charge in [-0.1, -0.05) is 17.3 Å². The first-order valence-electron chi connectivity index (χ1n) is 7.99. The van der Waals surface area contributed by atoms with Crippen LogP contribution >= 0.6 is 0 Å². The first kappa shape index (κ1) is 16.6. The number of guanidine groups is 1. The molecule has 0 aliphatic heterocycles. The molecule has 0 amide bonds. The van der Waals surface area contributed by atoms with Crippen molar-refractivity contribution in [3.63, 3.8) is 0 Å². The maximum absolute atomic E-state index is 5.93. The molecule has 3 rings (SSSR count). The van der Waals surface area contributed by atoms with Gasteiger partial charge >= 0.3 is 0 Å². The maximum Gasteiger partial charge on any atom is 0.276 e. The van der Waals surface area contributed by atoms with Crippen molar-refractivity contribution in [2.75, 3.05) is 11.9 Å². The molecule has 0 atom stereocenters. The van der Waals surface area contributed by atoms with Gasteiger partial charge in [0.15, 0.2) is 11.8 Å². The van der Waals surface area contributed by atoms with Gasteiger partial charge in [0.1, 0.15) is 5.69 Å². The van der Waals surface area contributed by atoms with E-state index in [9.17, 15) is 0 Å². The summed E-state index contributed by atoms with van der Waals surface area (Å²) in [4.78, 5) is 12.8. The van der Waals surface area contributed by atoms with Gasteiger partial charge in [-0.25, -0.2) is 0 Å². The van der Waals surface area contributed by atoms with Crippen molar-refractivity contribution in [2.45, 2.75) is 20.3 Å². The van der Waals surface area contributed by atoms with Crippen molar-refractivity contribution in [3.8, 4) is 11.6 Å². The molecule has 0 radical (unpaired) electrons. The summed E-state index contributed by atoms with van der Waals surface area (Å²) in [7, 11) is 0. The third kappa shape index (κ3) is 4.63. The monoisotopic (exact) mass is 336 g/mol. The highest BCUT2D eigenvalue weighted by Crippen LogP contribution is 2.14. The fraction of sp³-hybridized carbons (Fsp3) is 0.222. The van der Waals surface area contributed by atoms with Crippen LogP contribution in [-0.4, -0.2) is 27.6 Å². The Labute approximate surface area is 146 Å². The van der Waals surface area contributed by atoms with Gasteiger partial charge in [0.05, 0.1) is 0 Å². The zero-order valence-corrected chi connectivity index (χ0v) is 14.2. The minimum absolute atomic E-state index is 0.360. The predicted octanol–water partition coefficient (Wildman–Crippen LogP) is 2.72. The zero-order chi connectivity index (χ0) is 17.6. The summed E-state index contributed by atoms with van der Waals surface area (Å²) in [5.41, 5.74) is 9.85. The van der Waals surface area contributed by atoms with Crippen LogP contribution in [0.4, 0.5) is 5.69 Å². The average Bonchev–Trinajstić information content (AvgIpc) is 3.03. The number of rotatable bonds is 5. The Morgan fingerprint density at radius 2 is 2.00 bits per heavy atom. The average molecular weight is 336 g/mol. The summed E-state index contributed by atoms with van der Waals surface area (Å²) in [5, 5.41) is 7.03. The number of nitrogens with one attached hydrogen (secondary N) is 1. The van der Waals surface area contributed by atoms with Gasteiger partial charge in [-0.3, -0.25) is 9.98 Å². The number of nitrogens with two attached hydrogens (primary N) is 1. The molecular formula is C18H20N6O. The van der Waals surface area contributed by atoms with Crippen LogP contribution in [0.1, 0.15) is 17.0 Å². The van der Waals surface area contributed by atoms with Crippen molar-refractivity contribution in [3.05, 3.63) is 59.5 Å². The molecule has 2 aromatic heterocycles. The summed E-state index contributed by atoms with van der Waals surface area (Å²) >= 11 is 0. The number of anilines is 1. The second kappa shape index (κ2) is 7.57. The molecule has 3 N–H and O–H groups in total. The van der Waals surface area contributed by atoms with Crippen molar-refractivity contribution in [1.82, 2.24) is 15.1 Å². The minimum Gasteiger partial charge on any atom is -0.370 e. The normalized spacial score (nSPS) is 11.5.